The number of hydrogen-bond acceptors (Lipinski definition) is 4. The van der Waals surface area contributed by atoms with Crippen molar-refractivity contribution in [1.82, 2.24) is 20.3 Å². The lowest BCUT2D eigenvalue weighted by molar-refractivity contribution is 0.173. The summed E-state index contributed by atoms with van der Waals surface area (Å²) in [6.45, 7) is 8.47. The first-order valence-electron chi connectivity index (χ1n) is 9.95. The number of aromatic nitrogens is 1. The Labute approximate surface area is 189 Å². The smallest absolute Gasteiger partial charge is 0.194 e. The van der Waals surface area contributed by atoms with E-state index in [1.807, 2.05) is 6.07 Å². The average Bonchev–Trinajstić information content (AvgIpc) is 3.26. The van der Waals surface area contributed by atoms with Gasteiger partial charge >= 0.3 is 0 Å². The van der Waals surface area contributed by atoms with Crippen molar-refractivity contribution in [1.29, 1.82) is 0 Å². The largest absolute Gasteiger partial charge is 0.364 e. The van der Waals surface area contributed by atoms with Crippen LogP contribution in [0.1, 0.15) is 18.2 Å². The van der Waals surface area contributed by atoms with Gasteiger partial charge in [0.15, 0.2) is 5.96 Å². The van der Waals surface area contributed by atoms with Crippen LogP contribution in [0.15, 0.2) is 64.3 Å². The van der Waals surface area contributed by atoms with Crippen molar-refractivity contribution in [2.24, 2.45) is 4.99 Å². The van der Waals surface area contributed by atoms with Crippen LogP contribution in [-0.4, -0.2) is 53.6 Å². The van der Waals surface area contributed by atoms with E-state index < -0.39 is 0 Å². The van der Waals surface area contributed by atoms with E-state index in [2.05, 4.69) is 69.7 Å². The van der Waals surface area contributed by atoms with Crippen molar-refractivity contribution in [3.8, 4) is 0 Å². The Bertz CT molecular complexity index is 915. The maximum absolute atomic E-state index is 4.89. The highest BCUT2D eigenvalue weighted by molar-refractivity contribution is 14.0. The number of hydrogen-bond donors (Lipinski definition) is 1. The first-order valence-corrected chi connectivity index (χ1v) is 9.95. The molecule has 6 nitrogen and oxygen atoms in total. The van der Waals surface area contributed by atoms with Gasteiger partial charge in [-0.15, -0.1) is 24.0 Å². The zero-order chi connectivity index (χ0) is 19.2. The summed E-state index contributed by atoms with van der Waals surface area (Å²) < 4.78 is 4.89. The molecule has 29 heavy (non-hydrogen) atoms. The minimum Gasteiger partial charge on any atom is -0.364 e. The Hall–Kier alpha value is -2.13. The van der Waals surface area contributed by atoms with Crippen LogP contribution in [0.4, 0.5) is 0 Å². The molecule has 0 saturated carbocycles. The summed E-state index contributed by atoms with van der Waals surface area (Å²) in [4.78, 5) is 9.58. The van der Waals surface area contributed by atoms with Crippen LogP contribution in [0, 0.1) is 0 Å². The first kappa shape index (κ1) is 21.6. The number of halogens is 1. The van der Waals surface area contributed by atoms with E-state index in [9.17, 15) is 0 Å². The van der Waals surface area contributed by atoms with Gasteiger partial charge in [-0.3, -0.25) is 4.90 Å². The van der Waals surface area contributed by atoms with Crippen molar-refractivity contribution < 1.29 is 4.52 Å². The van der Waals surface area contributed by atoms with Crippen LogP contribution in [0.2, 0.25) is 0 Å². The average molecular weight is 505 g/mol. The molecular formula is C22H28IN5O. The monoisotopic (exact) mass is 505 g/mol. The van der Waals surface area contributed by atoms with E-state index in [1.165, 1.54) is 16.3 Å². The molecule has 0 atom stereocenters. The second-order valence-electron chi connectivity index (χ2n) is 7.06. The third kappa shape index (κ3) is 5.48. The molecular weight excluding hydrogens is 477 g/mol. The highest BCUT2D eigenvalue weighted by atomic mass is 127. The van der Waals surface area contributed by atoms with E-state index in [0.717, 1.165) is 50.9 Å². The minimum atomic E-state index is 0. The predicted molar refractivity (Wildman–Crippen MR) is 128 cm³/mol. The topological polar surface area (TPSA) is 56.9 Å². The fraction of sp³-hybridized carbons (Fsp3) is 0.364. The van der Waals surface area contributed by atoms with Crippen LogP contribution in [0.25, 0.3) is 10.8 Å². The van der Waals surface area contributed by atoms with Gasteiger partial charge in [0.1, 0.15) is 12.0 Å². The third-order valence-corrected chi connectivity index (χ3v) is 5.16. The molecule has 1 aliphatic heterocycles. The van der Waals surface area contributed by atoms with Crippen molar-refractivity contribution in [2.45, 2.75) is 20.0 Å². The molecule has 2 heterocycles. The number of piperazine rings is 1. The number of guanidine groups is 1. The molecule has 0 radical (unpaired) electrons. The Kier molecular flexibility index (Phi) is 7.88. The molecule has 1 fully saturated rings. The summed E-state index contributed by atoms with van der Waals surface area (Å²) in [7, 11) is 0. The quantitative estimate of drug-likeness (QED) is 0.326. The molecule has 3 aromatic rings. The molecule has 1 saturated heterocycles. The third-order valence-electron chi connectivity index (χ3n) is 5.16. The van der Waals surface area contributed by atoms with Crippen molar-refractivity contribution in [2.75, 3.05) is 32.7 Å². The number of nitrogens with zero attached hydrogens (tertiary/aromatic N) is 4. The van der Waals surface area contributed by atoms with Gasteiger partial charge in [0.25, 0.3) is 0 Å². The molecule has 1 aliphatic rings. The van der Waals surface area contributed by atoms with Gasteiger partial charge in [0.2, 0.25) is 0 Å². The van der Waals surface area contributed by atoms with E-state index >= 15 is 0 Å². The lowest BCUT2D eigenvalue weighted by atomic mass is 10.0. The molecule has 0 unspecified atom stereocenters. The van der Waals surface area contributed by atoms with Gasteiger partial charge in [-0.2, -0.15) is 0 Å². The Morgan fingerprint density at radius 3 is 2.62 bits per heavy atom. The molecule has 7 heteroatoms. The highest BCUT2D eigenvalue weighted by Crippen LogP contribution is 2.20. The zero-order valence-electron chi connectivity index (χ0n) is 16.8. The molecule has 4 rings (SSSR count). The van der Waals surface area contributed by atoms with Crippen molar-refractivity contribution in [3.63, 3.8) is 0 Å². The summed E-state index contributed by atoms with van der Waals surface area (Å²) in [6, 6.07) is 17.1. The summed E-state index contributed by atoms with van der Waals surface area (Å²) in [5.41, 5.74) is 2.25. The van der Waals surface area contributed by atoms with E-state index in [4.69, 9.17) is 9.52 Å². The van der Waals surface area contributed by atoms with E-state index in [0.29, 0.717) is 6.54 Å². The molecule has 0 spiro atoms. The lowest BCUT2D eigenvalue weighted by Crippen LogP contribution is -2.52. The molecule has 2 aromatic carbocycles. The van der Waals surface area contributed by atoms with Crippen LogP contribution < -0.4 is 5.32 Å². The van der Waals surface area contributed by atoms with E-state index in [-0.39, 0.29) is 24.0 Å². The Balaban J connectivity index is 0.00000240. The molecule has 1 aromatic heterocycles. The summed E-state index contributed by atoms with van der Waals surface area (Å²) in [5.74, 6) is 0.954. The van der Waals surface area contributed by atoms with Gasteiger partial charge in [0.05, 0.1) is 6.54 Å². The summed E-state index contributed by atoms with van der Waals surface area (Å²) in [6.07, 6.45) is 1.59. The fourth-order valence-corrected chi connectivity index (χ4v) is 3.69. The first-order chi connectivity index (χ1) is 13.8. The van der Waals surface area contributed by atoms with E-state index in [1.54, 1.807) is 6.26 Å². The maximum Gasteiger partial charge on any atom is 0.194 e. The second kappa shape index (κ2) is 10.6. The van der Waals surface area contributed by atoms with Crippen LogP contribution in [-0.2, 0) is 13.1 Å². The molecule has 1 N–H and O–H groups in total. The number of benzene rings is 2. The van der Waals surface area contributed by atoms with Gasteiger partial charge in [0, 0.05) is 45.3 Å². The normalized spacial score (nSPS) is 15.3. The summed E-state index contributed by atoms with van der Waals surface area (Å²) >= 11 is 0. The van der Waals surface area contributed by atoms with Gasteiger partial charge in [-0.05, 0) is 23.3 Å². The Morgan fingerprint density at radius 2 is 1.86 bits per heavy atom. The molecule has 0 bridgehead atoms. The van der Waals surface area contributed by atoms with Gasteiger partial charge in [-0.1, -0.05) is 47.6 Å². The van der Waals surface area contributed by atoms with Crippen LogP contribution >= 0.6 is 24.0 Å². The standard InChI is InChI=1S/C22H27N5O.HI/c1-2-23-22(24-16-20-10-15-28-25-20)27-13-11-26(12-14-27)17-19-8-5-7-18-6-3-4-9-21(18)19;/h3-10,15H,2,11-14,16-17H2,1H3,(H,23,24);1H. The maximum atomic E-state index is 4.89. The number of fused-ring (bicyclic) bond motifs is 1. The van der Waals surface area contributed by atoms with Crippen molar-refractivity contribution in [3.05, 3.63) is 66.1 Å². The zero-order valence-corrected chi connectivity index (χ0v) is 19.1. The number of nitrogens with one attached hydrogen (secondary N) is 1. The fourth-order valence-electron chi connectivity index (χ4n) is 3.69. The number of aliphatic imine (C=N–C) groups is 1. The highest BCUT2D eigenvalue weighted by Gasteiger charge is 2.20. The lowest BCUT2D eigenvalue weighted by Gasteiger charge is -2.36. The van der Waals surface area contributed by atoms with Crippen LogP contribution in [0.5, 0.6) is 0 Å². The second-order valence-corrected chi connectivity index (χ2v) is 7.06. The van der Waals surface area contributed by atoms with Crippen LogP contribution in [0.3, 0.4) is 0 Å². The van der Waals surface area contributed by atoms with Gasteiger partial charge in [-0.25, -0.2) is 4.99 Å². The SMILES string of the molecule is CCNC(=NCc1ccon1)N1CCN(Cc2cccc3ccccc23)CC1.I. The molecule has 0 aliphatic carbocycles. The predicted octanol–water partition coefficient (Wildman–Crippen LogP) is 3.73. The molecule has 154 valence electrons. The minimum absolute atomic E-state index is 0. The number of rotatable bonds is 5. The Morgan fingerprint density at radius 1 is 1.07 bits per heavy atom. The molecule has 0 amide bonds. The van der Waals surface area contributed by atoms with Gasteiger partial charge < -0.3 is 14.7 Å². The van der Waals surface area contributed by atoms with Crippen molar-refractivity contribution >= 4 is 40.7 Å². The summed E-state index contributed by atoms with van der Waals surface area (Å²) in [5, 5.41) is 10.0.